The van der Waals surface area contributed by atoms with Gasteiger partial charge in [0.15, 0.2) is 0 Å². The molecule has 0 aliphatic carbocycles. The second-order valence-electron chi connectivity index (χ2n) is 6.11. The van der Waals surface area contributed by atoms with Crippen molar-refractivity contribution >= 4 is 34.1 Å². The molecule has 1 heterocycles. The average Bonchev–Trinajstić information content (AvgIpc) is 2.84. The molecule has 0 spiro atoms. The maximum absolute atomic E-state index is 13.1. The van der Waals surface area contributed by atoms with Crippen LogP contribution >= 0.6 is 23.2 Å². The van der Waals surface area contributed by atoms with Gasteiger partial charge in [-0.15, -0.1) is 0 Å². The van der Waals surface area contributed by atoms with Crippen LogP contribution in [0.3, 0.4) is 0 Å². The lowest BCUT2D eigenvalue weighted by atomic mass is 9.91. The van der Waals surface area contributed by atoms with Gasteiger partial charge >= 0.3 is 12.4 Å². The summed E-state index contributed by atoms with van der Waals surface area (Å²) in [5.41, 5.74) is -5.40. The first-order chi connectivity index (χ1) is 12.9. The maximum atomic E-state index is 13.1. The highest BCUT2D eigenvalue weighted by Gasteiger charge is 2.71. The molecule has 0 radical (unpaired) electrons. The number of rotatable bonds is 3. The van der Waals surface area contributed by atoms with Crippen LogP contribution in [0.5, 0.6) is 0 Å². The Balaban J connectivity index is 2.19. The van der Waals surface area contributed by atoms with Crippen LogP contribution in [0.15, 0.2) is 48.5 Å². The van der Waals surface area contributed by atoms with Crippen molar-refractivity contribution in [3.63, 3.8) is 0 Å². The van der Waals surface area contributed by atoms with Gasteiger partial charge in [0.25, 0.3) is 5.60 Å². The third-order valence-electron chi connectivity index (χ3n) is 4.36. The number of nitrogens with zero attached hydrogens (tertiary/aromatic N) is 1. The fourth-order valence-electron chi connectivity index (χ4n) is 2.92. The molecule has 2 nitrogen and oxygen atoms in total. The monoisotopic (exact) mass is 441 g/mol. The van der Waals surface area contributed by atoms with E-state index in [1.807, 2.05) is 0 Å². The van der Waals surface area contributed by atoms with Gasteiger partial charge in [-0.05, 0) is 17.7 Å². The van der Waals surface area contributed by atoms with Crippen molar-refractivity contribution in [2.24, 2.45) is 0 Å². The summed E-state index contributed by atoms with van der Waals surface area (Å²) in [6.45, 7) is 0.199. The molecule has 3 rings (SSSR count). The topological polar surface area (TPSA) is 25.2 Å². The van der Waals surface area contributed by atoms with E-state index in [4.69, 9.17) is 23.2 Å². The summed E-state index contributed by atoms with van der Waals surface area (Å²) in [5.74, 6) is 0. The third kappa shape index (κ3) is 3.23. The molecule has 0 aliphatic heterocycles. The molecule has 0 unspecified atom stereocenters. The standard InChI is InChI=1S/C18H11Cl2F6NO/c19-14-12-8-11(16(28,17(21,22)23)18(24,25)26)6-7-13(12)27(15(14)20)9-10-4-2-1-3-5-10/h1-8,28H,9H2. The lowest BCUT2D eigenvalue weighted by molar-refractivity contribution is -0.376. The van der Waals surface area contributed by atoms with Gasteiger partial charge in [0.1, 0.15) is 5.15 Å². The molecule has 0 fully saturated rings. The molecule has 0 bridgehead atoms. The van der Waals surface area contributed by atoms with Gasteiger partial charge in [0.2, 0.25) is 0 Å². The Morgan fingerprint density at radius 3 is 1.96 bits per heavy atom. The Hall–Kier alpha value is -1.90. The summed E-state index contributed by atoms with van der Waals surface area (Å²) in [7, 11) is 0. The predicted octanol–water partition coefficient (Wildman–Crippen LogP) is 6.31. The minimum absolute atomic E-state index is 0.0415. The minimum atomic E-state index is -5.98. The van der Waals surface area contributed by atoms with E-state index >= 15 is 0 Å². The molecule has 10 heteroatoms. The van der Waals surface area contributed by atoms with Crippen molar-refractivity contribution in [2.45, 2.75) is 24.5 Å². The lowest BCUT2D eigenvalue weighted by Crippen LogP contribution is -2.53. The quantitative estimate of drug-likeness (QED) is 0.473. The van der Waals surface area contributed by atoms with E-state index in [9.17, 15) is 31.4 Å². The molecule has 2 aromatic carbocycles. The van der Waals surface area contributed by atoms with Gasteiger partial charge in [-0.25, -0.2) is 0 Å². The Morgan fingerprint density at radius 2 is 1.43 bits per heavy atom. The number of fused-ring (bicyclic) bond motifs is 1. The molecular formula is C18H11Cl2F6NO. The highest BCUT2D eigenvalue weighted by Crippen LogP contribution is 2.51. The van der Waals surface area contributed by atoms with Crippen LogP contribution in [0.25, 0.3) is 10.9 Å². The number of hydrogen-bond donors (Lipinski definition) is 1. The molecular weight excluding hydrogens is 431 g/mol. The summed E-state index contributed by atoms with van der Waals surface area (Å²) in [6, 6.07) is 11.0. The molecule has 0 amide bonds. The summed E-state index contributed by atoms with van der Waals surface area (Å²) in [6.07, 6.45) is -12.0. The van der Waals surface area contributed by atoms with Crippen LogP contribution < -0.4 is 0 Å². The summed E-state index contributed by atoms with van der Waals surface area (Å²) >= 11 is 12.2. The van der Waals surface area contributed by atoms with Crippen molar-refractivity contribution in [3.05, 3.63) is 69.8 Å². The molecule has 28 heavy (non-hydrogen) atoms. The van der Waals surface area contributed by atoms with Crippen molar-refractivity contribution < 1.29 is 31.4 Å². The van der Waals surface area contributed by atoms with Gasteiger partial charge in [-0.1, -0.05) is 59.6 Å². The van der Waals surface area contributed by atoms with Crippen LogP contribution in [0.1, 0.15) is 11.1 Å². The van der Waals surface area contributed by atoms with Crippen molar-refractivity contribution in [1.29, 1.82) is 0 Å². The van der Waals surface area contributed by atoms with E-state index in [0.717, 1.165) is 11.6 Å². The lowest BCUT2D eigenvalue weighted by Gasteiger charge is -2.32. The SMILES string of the molecule is OC(c1ccc2c(c1)c(Cl)c(Cl)n2Cc1ccccc1)(C(F)(F)F)C(F)(F)F. The first-order valence-corrected chi connectivity index (χ1v) is 8.51. The van der Waals surface area contributed by atoms with E-state index in [1.54, 1.807) is 30.3 Å². The Morgan fingerprint density at radius 1 is 0.857 bits per heavy atom. The second-order valence-corrected chi connectivity index (χ2v) is 6.85. The van der Waals surface area contributed by atoms with E-state index in [2.05, 4.69) is 0 Å². The Kier molecular flexibility index (Phi) is 5.10. The Bertz CT molecular complexity index is 997. The van der Waals surface area contributed by atoms with Crippen LogP contribution in [0, 0.1) is 0 Å². The minimum Gasteiger partial charge on any atom is -0.369 e. The van der Waals surface area contributed by atoms with E-state index < -0.39 is 23.5 Å². The zero-order valence-electron chi connectivity index (χ0n) is 13.7. The van der Waals surface area contributed by atoms with Gasteiger partial charge in [-0.2, -0.15) is 26.3 Å². The summed E-state index contributed by atoms with van der Waals surface area (Å²) in [5, 5.41) is 9.20. The molecule has 150 valence electrons. The van der Waals surface area contributed by atoms with Crippen LogP contribution in [0.4, 0.5) is 26.3 Å². The summed E-state index contributed by atoms with van der Waals surface area (Å²) < 4.78 is 80.2. The fourth-order valence-corrected chi connectivity index (χ4v) is 3.42. The first-order valence-electron chi connectivity index (χ1n) is 7.75. The molecule has 3 aromatic rings. The van der Waals surface area contributed by atoms with E-state index in [0.29, 0.717) is 12.1 Å². The zero-order valence-corrected chi connectivity index (χ0v) is 15.3. The largest absolute Gasteiger partial charge is 0.430 e. The number of hydrogen-bond acceptors (Lipinski definition) is 1. The highest BCUT2D eigenvalue weighted by molar-refractivity contribution is 6.45. The fraction of sp³-hybridized carbons (Fsp3) is 0.222. The third-order valence-corrected chi connectivity index (χ3v) is 5.24. The van der Waals surface area contributed by atoms with Gasteiger partial charge < -0.3 is 9.67 Å². The normalized spacial score (nSPS) is 13.3. The molecule has 0 atom stereocenters. The molecule has 0 saturated carbocycles. The van der Waals surface area contributed by atoms with Crippen LogP contribution in [0.2, 0.25) is 10.2 Å². The van der Waals surface area contributed by atoms with Gasteiger partial charge in [0.05, 0.1) is 10.5 Å². The second kappa shape index (κ2) is 6.86. The number of halogens is 8. The van der Waals surface area contributed by atoms with Crippen molar-refractivity contribution in [1.82, 2.24) is 4.57 Å². The van der Waals surface area contributed by atoms with E-state index in [1.165, 1.54) is 4.57 Å². The van der Waals surface area contributed by atoms with Crippen LogP contribution in [-0.4, -0.2) is 22.0 Å². The zero-order chi connectivity index (χ0) is 20.9. The molecule has 0 aliphatic rings. The van der Waals surface area contributed by atoms with Crippen LogP contribution in [-0.2, 0) is 12.1 Å². The van der Waals surface area contributed by atoms with Crippen molar-refractivity contribution in [3.8, 4) is 0 Å². The van der Waals surface area contributed by atoms with Gasteiger partial charge in [-0.3, -0.25) is 0 Å². The highest BCUT2D eigenvalue weighted by atomic mass is 35.5. The number of benzene rings is 2. The predicted molar refractivity (Wildman–Crippen MR) is 93.5 cm³/mol. The number of aliphatic hydroxyl groups is 1. The number of aromatic nitrogens is 1. The smallest absolute Gasteiger partial charge is 0.369 e. The molecule has 1 N–H and O–H groups in total. The first kappa shape index (κ1) is 20.8. The summed E-state index contributed by atoms with van der Waals surface area (Å²) in [4.78, 5) is 0. The molecule has 0 saturated heterocycles. The maximum Gasteiger partial charge on any atom is 0.430 e. The average molecular weight is 442 g/mol. The van der Waals surface area contributed by atoms with E-state index in [-0.39, 0.29) is 27.6 Å². The molecule has 1 aromatic heterocycles. The number of alkyl halides is 6. The Labute approximate surface area is 164 Å². The van der Waals surface area contributed by atoms with Gasteiger partial charge in [0, 0.05) is 17.5 Å². The van der Waals surface area contributed by atoms with Crippen molar-refractivity contribution in [2.75, 3.05) is 0 Å².